The average molecular weight is 1120 g/mol. The number of esters is 1. The van der Waals surface area contributed by atoms with E-state index in [4.69, 9.17) is 28.4 Å². The molecule has 14 nitrogen and oxygen atoms in total. The first-order valence-corrected chi connectivity index (χ1v) is 31.2. The van der Waals surface area contributed by atoms with E-state index in [1.54, 1.807) is 0 Å². The lowest BCUT2D eigenvalue weighted by atomic mass is 9.98. The fourth-order valence-electron chi connectivity index (χ4n) is 9.40. The van der Waals surface area contributed by atoms with Crippen molar-refractivity contribution in [1.82, 2.24) is 0 Å². The van der Waals surface area contributed by atoms with Gasteiger partial charge in [-0.15, -0.1) is 0 Å². The van der Waals surface area contributed by atoms with Crippen LogP contribution in [0.25, 0.3) is 0 Å². The number of hydrogen-bond donors (Lipinski definition) is 7. The van der Waals surface area contributed by atoms with Gasteiger partial charge in [-0.25, -0.2) is 0 Å². The van der Waals surface area contributed by atoms with Crippen LogP contribution >= 0.6 is 0 Å². The van der Waals surface area contributed by atoms with Crippen molar-refractivity contribution >= 4 is 5.97 Å². The maximum Gasteiger partial charge on any atom is 0.306 e. The molecule has 0 amide bonds. The molecule has 2 heterocycles. The van der Waals surface area contributed by atoms with Crippen LogP contribution in [0.2, 0.25) is 0 Å². The first-order valence-electron chi connectivity index (χ1n) is 31.2. The van der Waals surface area contributed by atoms with Crippen molar-refractivity contribution in [2.24, 2.45) is 0 Å². The molecule has 2 aliphatic rings. The van der Waals surface area contributed by atoms with Gasteiger partial charge in [-0.05, 0) is 89.9 Å². The van der Waals surface area contributed by atoms with Crippen molar-refractivity contribution in [2.75, 3.05) is 33.0 Å². The van der Waals surface area contributed by atoms with E-state index in [1.807, 2.05) is 0 Å². The Kier molecular flexibility index (Phi) is 46.5. The highest BCUT2D eigenvalue weighted by molar-refractivity contribution is 5.69. The van der Waals surface area contributed by atoms with Gasteiger partial charge in [0.1, 0.15) is 54.9 Å². The normalized spacial score (nSPS) is 24.6. The van der Waals surface area contributed by atoms with E-state index in [1.165, 1.54) is 103 Å². The lowest BCUT2D eigenvalue weighted by Crippen LogP contribution is -2.61. The quantitative estimate of drug-likeness (QED) is 0.0172. The van der Waals surface area contributed by atoms with Crippen molar-refractivity contribution in [2.45, 2.75) is 287 Å². The highest BCUT2D eigenvalue weighted by atomic mass is 16.7. The molecule has 2 saturated heterocycles. The molecule has 2 fully saturated rings. The fourth-order valence-corrected chi connectivity index (χ4v) is 9.40. The number of allylic oxidation sites excluding steroid dienone is 14. The van der Waals surface area contributed by atoms with Gasteiger partial charge in [0.2, 0.25) is 0 Å². The Morgan fingerprint density at radius 2 is 0.823 bits per heavy atom. The minimum Gasteiger partial charge on any atom is -0.457 e. The Morgan fingerprint density at radius 1 is 0.430 bits per heavy atom. The Bertz CT molecular complexity index is 1630. The summed E-state index contributed by atoms with van der Waals surface area (Å²) in [4.78, 5) is 13.1. The second kappa shape index (κ2) is 50.9. The first kappa shape index (κ1) is 72.3. The van der Waals surface area contributed by atoms with Crippen molar-refractivity contribution in [3.63, 3.8) is 0 Å². The lowest BCUT2D eigenvalue weighted by molar-refractivity contribution is -0.332. The Balaban J connectivity index is 1.70. The number of ether oxygens (including phenoxy) is 6. The molecular formula is C65H112O14. The third-order valence-electron chi connectivity index (χ3n) is 14.4. The van der Waals surface area contributed by atoms with E-state index in [2.05, 4.69) is 98.9 Å². The standard InChI is InChI=1S/C65H112O14/c1-3-5-7-9-11-13-15-17-19-21-23-24-25-26-27-28-29-31-33-35-37-39-41-43-45-47-49-74-51-54(77-57(67)48-46-44-42-40-38-36-34-32-30-22-20-18-16-14-12-10-8-6-4-2)52-75-64-63(73)61(71)59(69)56(79-64)53-76-65-62(72)60(70)58(68)55(50-66)78-65/h5,7,11,13,17-20,23-24,26-27,29,31,54-56,58-66,68-73H,3-4,6,8-10,12,14-16,21-22,25,28,30,32-53H2,1-2H3/b7-5-,13-11-,19-17-,20-18-,24-23-,27-26-,31-29-. The summed E-state index contributed by atoms with van der Waals surface area (Å²) in [6.45, 7) is 3.55. The molecule has 11 unspecified atom stereocenters. The van der Waals surface area contributed by atoms with Crippen molar-refractivity contribution in [3.05, 3.63) is 85.1 Å². The molecule has 0 aromatic rings. The summed E-state index contributed by atoms with van der Waals surface area (Å²) >= 11 is 0. The molecule has 79 heavy (non-hydrogen) atoms. The number of unbranched alkanes of at least 4 members (excludes halogenated alkanes) is 22. The fraction of sp³-hybridized carbons (Fsp3) is 0.769. The zero-order valence-electron chi connectivity index (χ0n) is 49.1. The van der Waals surface area contributed by atoms with Crippen LogP contribution in [-0.4, -0.2) is 142 Å². The minimum atomic E-state index is -1.71. The molecule has 11 atom stereocenters. The van der Waals surface area contributed by atoms with Gasteiger partial charge < -0.3 is 64.2 Å². The molecule has 0 aliphatic carbocycles. The second-order valence-corrected chi connectivity index (χ2v) is 21.5. The molecule has 0 aromatic heterocycles. The van der Waals surface area contributed by atoms with Crippen LogP contribution < -0.4 is 0 Å². The van der Waals surface area contributed by atoms with Crippen molar-refractivity contribution in [1.29, 1.82) is 0 Å². The van der Waals surface area contributed by atoms with Crippen molar-refractivity contribution in [3.8, 4) is 0 Å². The third kappa shape index (κ3) is 37.1. The Labute approximate surface area is 478 Å². The monoisotopic (exact) mass is 1120 g/mol. The molecule has 0 radical (unpaired) electrons. The van der Waals surface area contributed by atoms with Gasteiger partial charge in [0, 0.05) is 13.0 Å². The van der Waals surface area contributed by atoms with E-state index in [0.29, 0.717) is 13.0 Å². The SMILES string of the molecule is CC/C=C\C/C=C\C/C=C\C/C=C\C/C=C\C/C=C\CCCCCCCCCOCC(COC1OC(COC2OC(CO)C(O)C(O)C2O)C(O)C(O)C1O)OC(=O)CCCCCCCCCCC/C=C\CCCCCCCC. The zero-order valence-corrected chi connectivity index (χ0v) is 49.1. The molecule has 0 aromatic carbocycles. The summed E-state index contributed by atoms with van der Waals surface area (Å²) in [6, 6.07) is 0. The van der Waals surface area contributed by atoms with Crippen LogP contribution in [0.5, 0.6) is 0 Å². The zero-order chi connectivity index (χ0) is 57.2. The summed E-state index contributed by atoms with van der Waals surface area (Å²) < 4.78 is 34.4. The summed E-state index contributed by atoms with van der Waals surface area (Å²) in [5, 5.41) is 72.5. The summed E-state index contributed by atoms with van der Waals surface area (Å²) in [5.74, 6) is -0.384. The molecule has 0 spiro atoms. The molecule has 2 rings (SSSR count). The van der Waals surface area contributed by atoms with E-state index >= 15 is 0 Å². The predicted molar refractivity (Wildman–Crippen MR) is 316 cm³/mol. The molecular weight excluding hydrogens is 1000 g/mol. The van der Waals surface area contributed by atoms with Crippen LogP contribution in [-0.2, 0) is 33.2 Å². The van der Waals surface area contributed by atoms with Gasteiger partial charge in [-0.3, -0.25) is 4.79 Å². The molecule has 7 N–H and O–H groups in total. The predicted octanol–water partition coefficient (Wildman–Crippen LogP) is 12.0. The Hall–Kier alpha value is -2.83. The van der Waals surface area contributed by atoms with Gasteiger partial charge in [-0.2, -0.15) is 0 Å². The van der Waals surface area contributed by atoms with Crippen LogP contribution in [0.3, 0.4) is 0 Å². The summed E-state index contributed by atoms with van der Waals surface area (Å²) in [7, 11) is 0. The Morgan fingerprint density at radius 3 is 1.30 bits per heavy atom. The van der Waals surface area contributed by atoms with Crippen LogP contribution in [0.4, 0.5) is 0 Å². The third-order valence-corrected chi connectivity index (χ3v) is 14.4. The number of rotatable bonds is 50. The van der Waals surface area contributed by atoms with Crippen molar-refractivity contribution < 1.29 is 69.0 Å². The lowest BCUT2D eigenvalue weighted by Gasteiger charge is -2.42. The summed E-state index contributed by atoms with van der Waals surface area (Å²) in [6.07, 6.45) is 50.7. The van der Waals surface area contributed by atoms with E-state index in [-0.39, 0.29) is 25.6 Å². The van der Waals surface area contributed by atoms with Crippen LogP contribution in [0.15, 0.2) is 85.1 Å². The highest BCUT2D eigenvalue weighted by Gasteiger charge is 2.47. The van der Waals surface area contributed by atoms with E-state index in [9.17, 15) is 40.5 Å². The molecule has 14 heteroatoms. The van der Waals surface area contributed by atoms with Gasteiger partial charge in [-0.1, -0.05) is 208 Å². The van der Waals surface area contributed by atoms with Crippen LogP contribution in [0.1, 0.15) is 219 Å². The minimum absolute atomic E-state index is 0.0491. The summed E-state index contributed by atoms with van der Waals surface area (Å²) in [5.41, 5.74) is 0. The molecule has 2 aliphatic heterocycles. The van der Waals surface area contributed by atoms with Gasteiger partial charge in [0.05, 0.1) is 26.4 Å². The first-order chi connectivity index (χ1) is 38.6. The maximum atomic E-state index is 13.1. The molecule has 456 valence electrons. The van der Waals surface area contributed by atoms with Crippen LogP contribution in [0, 0.1) is 0 Å². The highest BCUT2D eigenvalue weighted by Crippen LogP contribution is 2.27. The largest absolute Gasteiger partial charge is 0.457 e. The number of carbonyl (C=O) groups is 1. The van der Waals surface area contributed by atoms with E-state index in [0.717, 1.165) is 89.9 Å². The molecule has 0 bridgehead atoms. The molecule has 0 saturated carbocycles. The topological polar surface area (TPSA) is 214 Å². The van der Waals surface area contributed by atoms with Gasteiger partial charge in [0.15, 0.2) is 12.6 Å². The number of carbonyl (C=O) groups excluding carboxylic acids is 1. The smallest absolute Gasteiger partial charge is 0.306 e. The number of aliphatic hydroxyl groups excluding tert-OH is 7. The number of aliphatic hydroxyl groups is 7. The number of hydrogen-bond acceptors (Lipinski definition) is 14. The average Bonchev–Trinajstić information content (AvgIpc) is 3.46. The second-order valence-electron chi connectivity index (χ2n) is 21.5. The van der Waals surface area contributed by atoms with E-state index < -0.39 is 80.7 Å². The van der Waals surface area contributed by atoms with Gasteiger partial charge >= 0.3 is 5.97 Å². The van der Waals surface area contributed by atoms with Gasteiger partial charge in [0.25, 0.3) is 0 Å². The maximum absolute atomic E-state index is 13.1.